The number of rotatable bonds is 4. The SMILES string of the molecule is Cn1cc(CN2CCC3(C2)CN(Cc2ccsc2)C3)cn1.O=C(O)C(F)(F)F.O=C(O)C(F)(F)F. The van der Waals surface area contributed by atoms with Crippen LogP contribution < -0.4 is 0 Å². The topological polar surface area (TPSA) is 98.9 Å². The molecule has 0 amide bonds. The Labute approximate surface area is 200 Å². The van der Waals surface area contributed by atoms with Crippen molar-refractivity contribution >= 4 is 23.3 Å². The van der Waals surface area contributed by atoms with Gasteiger partial charge in [-0.1, -0.05) is 0 Å². The maximum Gasteiger partial charge on any atom is 0.490 e. The van der Waals surface area contributed by atoms with Gasteiger partial charge in [0.1, 0.15) is 0 Å². The smallest absolute Gasteiger partial charge is 0.475 e. The van der Waals surface area contributed by atoms with Gasteiger partial charge in [-0.15, -0.1) is 0 Å². The average Bonchev–Trinajstić information content (AvgIpc) is 3.44. The summed E-state index contributed by atoms with van der Waals surface area (Å²) < 4.78 is 65.4. The van der Waals surface area contributed by atoms with Crippen molar-refractivity contribution in [3.05, 3.63) is 40.3 Å². The molecule has 2 saturated heterocycles. The molecule has 0 aromatic carbocycles. The number of carbonyl (C=O) groups is 2. The van der Waals surface area contributed by atoms with E-state index in [4.69, 9.17) is 19.8 Å². The van der Waals surface area contributed by atoms with E-state index in [0.717, 1.165) is 13.1 Å². The van der Waals surface area contributed by atoms with Crippen LogP contribution in [0.3, 0.4) is 0 Å². The highest BCUT2D eigenvalue weighted by Crippen LogP contribution is 2.40. The van der Waals surface area contributed by atoms with Crippen LogP contribution in [0.15, 0.2) is 29.2 Å². The number of aryl methyl sites for hydroxylation is 1. The van der Waals surface area contributed by atoms with Crippen LogP contribution in [0.5, 0.6) is 0 Å². The number of carboxylic acid groups (broad SMARTS) is 2. The summed E-state index contributed by atoms with van der Waals surface area (Å²) in [6, 6.07) is 2.25. The highest BCUT2D eigenvalue weighted by Gasteiger charge is 2.47. The third-order valence-electron chi connectivity index (χ3n) is 5.27. The van der Waals surface area contributed by atoms with E-state index in [1.54, 1.807) is 11.3 Å². The summed E-state index contributed by atoms with van der Waals surface area (Å²) in [6.45, 7) is 7.22. The van der Waals surface area contributed by atoms with E-state index in [9.17, 15) is 26.3 Å². The Morgan fingerprint density at radius 1 is 1.00 bits per heavy atom. The van der Waals surface area contributed by atoms with Gasteiger partial charge in [0.05, 0.1) is 6.20 Å². The Balaban J connectivity index is 0.000000257. The van der Waals surface area contributed by atoms with Gasteiger partial charge in [-0.3, -0.25) is 14.5 Å². The van der Waals surface area contributed by atoms with Gasteiger partial charge in [-0.25, -0.2) is 9.59 Å². The van der Waals surface area contributed by atoms with Gasteiger partial charge < -0.3 is 10.2 Å². The van der Waals surface area contributed by atoms with Crippen molar-refractivity contribution in [3.63, 3.8) is 0 Å². The number of alkyl halides is 6. The van der Waals surface area contributed by atoms with Crippen molar-refractivity contribution in [1.82, 2.24) is 19.6 Å². The van der Waals surface area contributed by atoms with E-state index >= 15 is 0 Å². The van der Waals surface area contributed by atoms with Crippen molar-refractivity contribution < 1.29 is 46.1 Å². The van der Waals surface area contributed by atoms with Crippen LogP contribution in [0, 0.1) is 5.41 Å². The molecular formula is C20H24F6N4O4S. The number of halogens is 6. The van der Waals surface area contributed by atoms with Crippen LogP contribution >= 0.6 is 11.3 Å². The molecule has 0 bridgehead atoms. The first-order valence-corrected chi connectivity index (χ1v) is 11.1. The fraction of sp³-hybridized carbons (Fsp3) is 0.550. The van der Waals surface area contributed by atoms with Crippen molar-refractivity contribution in [1.29, 1.82) is 0 Å². The number of hydrogen-bond donors (Lipinski definition) is 2. The van der Waals surface area contributed by atoms with Gasteiger partial charge in [-0.2, -0.15) is 42.8 Å². The van der Waals surface area contributed by atoms with E-state index in [1.165, 1.54) is 43.7 Å². The van der Waals surface area contributed by atoms with Gasteiger partial charge in [0.25, 0.3) is 0 Å². The van der Waals surface area contributed by atoms with Gasteiger partial charge in [-0.05, 0) is 35.4 Å². The van der Waals surface area contributed by atoms with Crippen molar-refractivity contribution in [2.24, 2.45) is 12.5 Å². The lowest BCUT2D eigenvalue weighted by Gasteiger charge is -2.48. The third kappa shape index (κ3) is 9.14. The highest BCUT2D eigenvalue weighted by atomic mass is 32.1. The van der Waals surface area contributed by atoms with Crippen molar-refractivity contribution in [3.8, 4) is 0 Å². The quantitative estimate of drug-likeness (QED) is 0.585. The van der Waals surface area contributed by atoms with Gasteiger partial charge in [0, 0.05) is 56.9 Å². The molecule has 2 aromatic rings. The number of aliphatic carboxylic acids is 2. The summed E-state index contributed by atoms with van der Waals surface area (Å²) in [5, 5.41) is 23.0. The second kappa shape index (κ2) is 11.4. The van der Waals surface area contributed by atoms with Gasteiger partial charge >= 0.3 is 24.3 Å². The highest BCUT2D eigenvalue weighted by molar-refractivity contribution is 7.07. The Hall–Kier alpha value is -2.65. The number of aromatic nitrogens is 2. The Morgan fingerprint density at radius 3 is 1.94 bits per heavy atom. The second-order valence-corrected chi connectivity index (χ2v) is 9.15. The molecule has 2 aliphatic heterocycles. The Kier molecular flexibility index (Phi) is 9.30. The lowest BCUT2D eigenvalue weighted by Crippen LogP contribution is -2.56. The maximum atomic E-state index is 10.6. The molecule has 15 heteroatoms. The first kappa shape index (κ1) is 28.6. The molecule has 0 aliphatic carbocycles. The normalized spacial score (nSPS) is 17.7. The zero-order valence-corrected chi connectivity index (χ0v) is 19.3. The number of carboxylic acids is 2. The summed E-state index contributed by atoms with van der Waals surface area (Å²) in [4.78, 5) is 23.0. The van der Waals surface area contributed by atoms with Gasteiger partial charge in [0.15, 0.2) is 0 Å². The fourth-order valence-corrected chi connectivity index (χ4v) is 4.55. The number of thiophene rings is 1. The summed E-state index contributed by atoms with van der Waals surface area (Å²) in [6.07, 6.45) is -4.68. The molecule has 196 valence electrons. The third-order valence-corrected chi connectivity index (χ3v) is 6.00. The van der Waals surface area contributed by atoms with Crippen LogP contribution in [-0.2, 0) is 29.7 Å². The first-order chi connectivity index (χ1) is 16.1. The molecule has 35 heavy (non-hydrogen) atoms. The zero-order valence-electron chi connectivity index (χ0n) is 18.5. The molecule has 2 aliphatic rings. The molecule has 4 rings (SSSR count). The molecule has 2 N–H and O–H groups in total. The monoisotopic (exact) mass is 530 g/mol. The largest absolute Gasteiger partial charge is 0.490 e. The Bertz CT molecular complexity index is 947. The number of likely N-dealkylation sites (tertiary alicyclic amines) is 2. The van der Waals surface area contributed by atoms with Crippen LogP contribution in [0.1, 0.15) is 17.5 Å². The zero-order chi connectivity index (χ0) is 26.4. The molecule has 2 aromatic heterocycles. The summed E-state index contributed by atoms with van der Waals surface area (Å²) in [5.74, 6) is -5.51. The second-order valence-electron chi connectivity index (χ2n) is 8.37. The number of nitrogens with zero attached hydrogens (tertiary/aromatic N) is 4. The van der Waals surface area contributed by atoms with Crippen LogP contribution in [0.2, 0.25) is 0 Å². The first-order valence-electron chi connectivity index (χ1n) is 10.1. The molecular weight excluding hydrogens is 506 g/mol. The summed E-state index contributed by atoms with van der Waals surface area (Å²) in [7, 11) is 1.99. The molecule has 2 fully saturated rings. The molecule has 0 radical (unpaired) electrons. The summed E-state index contributed by atoms with van der Waals surface area (Å²) >= 11 is 1.80. The van der Waals surface area contributed by atoms with E-state index in [1.807, 2.05) is 17.9 Å². The number of hydrogen-bond acceptors (Lipinski definition) is 6. The maximum absolute atomic E-state index is 10.6. The van der Waals surface area contributed by atoms with Crippen LogP contribution in [-0.4, -0.2) is 80.3 Å². The lowest BCUT2D eigenvalue weighted by atomic mass is 9.79. The van der Waals surface area contributed by atoms with Crippen molar-refractivity contribution in [2.75, 3.05) is 26.2 Å². The Morgan fingerprint density at radius 2 is 1.51 bits per heavy atom. The fourth-order valence-electron chi connectivity index (χ4n) is 3.89. The predicted molar refractivity (Wildman–Crippen MR) is 113 cm³/mol. The van der Waals surface area contributed by atoms with Crippen LogP contribution in [0.4, 0.5) is 26.3 Å². The molecule has 0 atom stereocenters. The summed E-state index contributed by atoms with van der Waals surface area (Å²) in [5.41, 5.74) is 3.38. The lowest BCUT2D eigenvalue weighted by molar-refractivity contribution is -0.193. The molecule has 0 saturated carbocycles. The van der Waals surface area contributed by atoms with Gasteiger partial charge in [0.2, 0.25) is 0 Å². The minimum absolute atomic E-state index is 0.568. The molecule has 0 unspecified atom stereocenters. The molecule has 8 nitrogen and oxygen atoms in total. The average molecular weight is 530 g/mol. The van der Waals surface area contributed by atoms with E-state index < -0.39 is 24.3 Å². The van der Waals surface area contributed by atoms with E-state index in [0.29, 0.717) is 5.41 Å². The minimum Gasteiger partial charge on any atom is -0.475 e. The minimum atomic E-state index is -5.08. The van der Waals surface area contributed by atoms with Crippen molar-refractivity contribution in [2.45, 2.75) is 31.9 Å². The molecule has 4 heterocycles. The predicted octanol–water partition coefficient (Wildman–Crippen LogP) is 3.46. The van der Waals surface area contributed by atoms with Crippen LogP contribution in [0.25, 0.3) is 0 Å². The molecule has 1 spiro atoms. The van der Waals surface area contributed by atoms with E-state index in [-0.39, 0.29) is 0 Å². The van der Waals surface area contributed by atoms with E-state index in [2.05, 4.69) is 37.9 Å². The standard InChI is InChI=1S/C16H22N4S.2C2HF3O2/c1-18-7-15(6-17-18)9-19-4-3-16(11-19)12-20(13-16)8-14-2-5-21-10-14;2*3-2(4,5)1(6)7/h2,5-7,10H,3-4,8-9,11-13H2,1H3;2*(H,6,7).